The summed E-state index contributed by atoms with van der Waals surface area (Å²) in [6, 6.07) is 11.4. The van der Waals surface area contributed by atoms with Gasteiger partial charge < -0.3 is 14.9 Å². The second kappa shape index (κ2) is 4.31. The second-order valence-electron chi connectivity index (χ2n) is 4.45. The van der Waals surface area contributed by atoms with E-state index in [9.17, 15) is 0 Å². The van der Waals surface area contributed by atoms with Crippen LogP contribution in [0.3, 0.4) is 0 Å². The Morgan fingerprint density at radius 2 is 2.05 bits per heavy atom. The lowest BCUT2D eigenvalue weighted by Crippen LogP contribution is -1.86. The molecule has 0 saturated carbocycles. The number of nitrogen functional groups attached to an aromatic ring is 1. The van der Waals surface area contributed by atoms with Crippen molar-refractivity contribution in [2.75, 3.05) is 12.8 Å². The quantitative estimate of drug-likeness (QED) is 0.712. The van der Waals surface area contributed by atoms with Crippen LogP contribution < -0.4 is 10.5 Å². The molecule has 0 unspecified atom stereocenters. The van der Waals surface area contributed by atoms with E-state index in [1.165, 1.54) is 0 Å². The molecule has 96 valence electrons. The van der Waals surface area contributed by atoms with E-state index in [2.05, 4.69) is 4.98 Å². The van der Waals surface area contributed by atoms with E-state index in [0.29, 0.717) is 17.2 Å². The largest absolute Gasteiger partial charge is 0.497 e. The van der Waals surface area contributed by atoms with Crippen molar-refractivity contribution < 1.29 is 9.15 Å². The molecule has 0 atom stereocenters. The van der Waals surface area contributed by atoms with E-state index in [4.69, 9.17) is 14.9 Å². The highest BCUT2D eigenvalue weighted by molar-refractivity contribution is 5.87. The Bertz CT molecular complexity index is 747. The summed E-state index contributed by atoms with van der Waals surface area (Å²) in [4.78, 5) is 4.48. The summed E-state index contributed by atoms with van der Waals surface area (Å²) in [6.45, 7) is 1.98. The van der Waals surface area contributed by atoms with Crippen LogP contribution in [0.25, 0.3) is 22.6 Å². The number of nitrogens with two attached hydrogens (primary N) is 1. The van der Waals surface area contributed by atoms with Gasteiger partial charge in [0.15, 0.2) is 5.58 Å². The lowest BCUT2D eigenvalue weighted by Gasteiger charge is -2.00. The van der Waals surface area contributed by atoms with Crippen LogP contribution in [-0.4, -0.2) is 12.1 Å². The average molecular weight is 254 g/mol. The molecule has 0 amide bonds. The second-order valence-corrected chi connectivity index (χ2v) is 4.45. The highest BCUT2D eigenvalue weighted by atomic mass is 16.5. The van der Waals surface area contributed by atoms with Crippen molar-refractivity contribution in [1.29, 1.82) is 0 Å². The minimum absolute atomic E-state index is 0.547. The molecule has 0 spiro atoms. The fourth-order valence-corrected chi connectivity index (χ4v) is 2.08. The van der Waals surface area contributed by atoms with Gasteiger partial charge in [0.2, 0.25) is 5.89 Å². The van der Waals surface area contributed by atoms with Gasteiger partial charge >= 0.3 is 0 Å². The van der Waals surface area contributed by atoms with E-state index in [1.54, 1.807) is 7.11 Å². The van der Waals surface area contributed by atoms with Crippen LogP contribution in [0.4, 0.5) is 5.69 Å². The number of nitrogens with zero attached hydrogens (tertiary/aromatic N) is 1. The fourth-order valence-electron chi connectivity index (χ4n) is 2.08. The zero-order valence-corrected chi connectivity index (χ0v) is 10.8. The molecule has 4 nitrogen and oxygen atoms in total. The smallest absolute Gasteiger partial charge is 0.227 e. The molecule has 0 aliphatic carbocycles. The van der Waals surface area contributed by atoms with Crippen LogP contribution in [0.1, 0.15) is 5.56 Å². The highest BCUT2D eigenvalue weighted by Crippen LogP contribution is 2.30. The molecular weight excluding hydrogens is 240 g/mol. The molecule has 0 radical (unpaired) electrons. The maximum atomic E-state index is 5.95. The number of oxazole rings is 1. The topological polar surface area (TPSA) is 61.3 Å². The molecule has 0 fully saturated rings. The van der Waals surface area contributed by atoms with E-state index in [0.717, 1.165) is 22.4 Å². The van der Waals surface area contributed by atoms with E-state index < -0.39 is 0 Å². The zero-order valence-electron chi connectivity index (χ0n) is 10.8. The first kappa shape index (κ1) is 11.6. The summed E-state index contributed by atoms with van der Waals surface area (Å²) in [7, 11) is 1.63. The van der Waals surface area contributed by atoms with Crippen molar-refractivity contribution in [3.8, 4) is 17.2 Å². The molecule has 1 aromatic heterocycles. The van der Waals surface area contributed by atoms with Crippen LogP contribution in [0.2, 0.25) is 0 Å². The Kier molecular flexibility index (Phi) is 2.63. The molecule has 0 bridgehead atoms. The molecule has 0 aliphatic rings. The molecule has 1 heterocycles. The van der Waals surface area contributed by atoms with Crippen molar-refractivity contribution in [2.24, 2.45) is 0 Å². The molecule has 4 heteroatoms. The maximum absolute atomic E-state index is 5.95. The van der Waals surface area contributed by atoms with Gasteiger partial charge in [-0.2, -0.15) is 0 Å². The van der Waals surface area contributed by atoms with Crippen LogP contribution in [0.15, 0.2) is 40.8 Å². The first-order valence-electron chi connectivity index (χ1n) is 5.98. The van der Waals surface area contributed by atoms with Crippen LogP contribution in [0, 0.1) is 6.92 Å². The minimum Gasteiger partial charge on any atom is -0.497 e. The van der Waals surface area contributed by atoms with Crippen molar-refractivity contribution in [2.45, 2.75) is 6.92 Å². The lowest BCUT2D eigenvalue weighted by atomic mass is 10.2. The SMILES string of the molecule is COc1cccc(-c2nc3cc(C)cc(N)c3o2)c1. The van der Waals surface area contributed by atoms with Gasteiger partial charge in [-0.25, -0.2) is 4.98 Å². The van der Waals surface area contributed by atoms with Gasteiger partial charge in [-0.1, -0.05) is 6.07 Å². The molecular formula is C15H14N2O2. The van der Waals surface area contributed by atoms with Gasteiger partial charge in [-0.15, -0.1) is 0 Å². The Morgan fingerprint density at radius 3 is 2.84 bits per heavy atom. The number of benzene rings is 2. The Hall–Kier alpha value is -2.49. The normalized spacial score (nSPS) is 10.8. The van der Waals surface area contributed by atoms with E-state index in [-0.39, 0.29) is 0 Å². The van der Waals surface area contributed by atoms with Crippen molar-refractivity contribution in [3.63, 3.8) is 0 Å². The van der Waals surface area contributed by atoms with Gasteiger partial charge in [0, 0.05) is 5.56 Å². The Balaban J connectivity index is 2.17. The standard InChI is InChI=1S/C15H14N2O2/c1-9-6-12(16)14-13(7-9)17-15(19-14)10-4-3-5-11(8-10)18-2/h3-8H,16H2,1-2H3. The molecule has 19 heavy (non-hydrogen) atoms. The number of anilines is 1. The van der Waals surface area contributed by atoms with Gasteiger partial charge in [0.05, 0.1) is 12.8 Å². The summed E-state index contributed by atoms with van der Waals surface area (Å²) in [6.07, 6.45) is 0. The van der Waals surface area contributed by atoms with Crippen molar-refractivity contribution >= 4 is 16.8 Å². The number of aryl methyl sites for hydroxylation is 1. The predicted molar refractivity (Wildman–Crippen MR) is 75.1 cm³/mol. The molecule has 0 saturated heterocycles. The third-order valence-corrected chi connectivity index (χ3v) is 2.98. The first-order chi connectivity index (χ1) is 9.17. The average Bonchev–Trinajstić information content (AvgIpc) is 2.83. The molecule has 3 aromatic rings. The highest BCUT2D eigenvalue weighted by Gasteiger charge is 2.11. The third-order valence-electron chi connectivity index (χ3n) is 2.98. The van der Waals surface area contributed by atoms with Gasteiger partial charge in [0.1, 0.15) is 11.3 Å². The summed E-state index contributed by atoms with van der Waals surface area (Å²) >= 11 is 0. The molecule has 3 rings (SSSR count). The van der Waals surface area contributed by atoms with Gasteiger partial charge in [-0.05, 0) is 42.8 Å². The first-order valence-corrected chi connectivity index (χ1v) is 5.98. The minimum atomic E-state index is 0.547. The number of hydrogen-bond donors (Lipinski definition) is 1. The maximum Gasteiger partial charge on any atom is 0.227 e. The van der Waals surface area contributed by atoms with E-state index >= 15 is 0 Å². The van der Waals surface area contributed by atoms with Gasteiger partial charge in [0.25, 0.3) is 0 Å². The van der Waals surface area contributed by atoms with Gasteiger partial charge in [-0.3, -0.25) is 0 Å². The Morgan fingerprint density at radius 1 is 1.21 bits per heavy atom. The zero-order chi connectivity index (χ0) is 13.4. The summed E-state index contributed by atoms with van der Waals surface area (Å²) in [5.41, 5.74) is 9.89. The molecule has 2 aromatic carbocycles. The summed E-state index contributed by atoms with van der Waals surface area (Å²) < 4.78 is 10.9. The fraction of sp³-hybridized carbons (Fsp3) is 0.133. The van der Waals surface area contributed by atoms with Crippen molar-refractivity contribution in [1.82, 2.24) is 4.98 Å². The molecule has 0 aliphatic heterocycles. The van der Waals surface area contributed by atoms with Crippen LogP contribution in [0.5, 0.6) is 5.75 Å². The lowest BCUT2D eigenvalue weighted by molar-refractivity contribution is 0.415. The predicted octanol–water partition coefficient (Wildman–Crippen LogP) is 3.39. The monoisotopic (exact) mass is 254 g/mol. The van der Waals surface area contributed by atoms with Crippen molar-refractivity contribution in [3.05, 3.63) is 42.0 Å². The number of fused-ring (bicyclic) bond motifs is 1. The summed E-state index contributed by atoms with van der Waals surface area (Å²) in [5.74, 6) is 1.31. The summed E-state index contributed by atoms with van der Waals surface area (Å²) in [5, 5.41) is 0. The van der Waals surface area contributed by atoms with Crippen LogP contribution in [-0.2, 0) is 0 Å². The number of rotatable bonds is 2. The number of aromatic nitrogens is 1. The van der Waals surface area contributed by atoms with E-state index in [1.807, 2.05) is 43.3 Å². The number of methoxy groups -OCH3 is 1. The number of ether oxygens (including phenoxy) is 1. The Labute approximate surface area is 110 Å². The third kappa shape index (κ3) is 2.01. The number of hydrogen-bond acceptors (Lipinski definition) is 4. The van der Waals surface area contributed by atoms with Crippen LogP contribution >= 0.6 is 0 Å². The molecule has 2 N–H and O–H groups in total.